The summed E-state index contributed by atoms with van der Waals surface area (Å²) in [7, 11) is 3.04. The van der Waals surface area contributed by atoms with Crippen LogP contribution in [-0.2, 0) is 9.59 Å². The second-order valence-electron chi connectivity index (χ2n) is 8.54. The van der Waals surface area contributed by atoms with E-state index in [2.05, 4.69) is 13.8 Å². The normalized spacial score (nSPS) is 17.2. The van der Waals surface area contributed by atoms with Crippen molar-refractivity contribution in [3.05, 3.63) is 94.0 Å². The van der Waals surface area contributed by atoms with E-state index in [0.717, 1.165) is 5.56 Å². The van der Waals surface area contributed by atoms with Gasteiger partial charge < -0.3 is 14.6 Å². The maximum atomic E-state index is 13.3. The average molecular weight is 492 g/mol. The molecule has 1 aliphatic heterocycles. The summed E-state index contributed by atoms with van der Waals surface area (Å²) in [5.74, 6) is -0.515. The summed E-state index contributed by atoms with van der Waals surface area (Å²) in [4.78, 5) is 28.1. The molecule has 7 heteroatoms. The van der Waals surface area contributed by atoms with Crippen LogP contribution < -0.4 is 14.4 Å². The SMILES string of the molecule is COc1ccc(C2/C(=C(/O)c3ccc(Cl)cc3)C(=O)C(=O)N2c2ccc(C(C)C)cc2)cc1OC. The van der Waals surface area contributed by atoms with Crippen LogP contribution in [0.25, 0.3) is 5.76 Å². The third-order valence-corrected chi connectivity index (χ3v) is 6.38. The van der Waals surface area contributed by atoms with Crippen molar-refractivity contribution in [1.29, 1.82) is 0 Å². The van der Waals surface area contributed by atoms with Crippen LogP contribution in [0.4, 0.5) is 5.69 Å². The lowest BCUT2D eigenvalue weighted by Gasteiger charge is -2.26. The molecule has 0 radical (unpaired) electrons. The summed E-state index contributed by atoms with van der Waals surface area (Å²) in [6.45, 7) is 4.16. The van der Waals surface area contributed by atoms with Crippen molar-refractivity contribution in [1.82, 2.24) is 0 Å². The Kier molecular flexibility index (Phi) is 6.85. The quantitative estimate of drug-likeness (QED) is 0.256. The maximum Gasteiger partial charge on any atom is 0.300 e. The van der Waals surface area contributed by atoms with E-state index in [9.17, 15) is 14.7 Å². The summed E-state index contributed by atoms with van der Waals surface area (Å²) in [6.07, 6.45) is 0. The Morgan fingerprint density at radius 3 is 2.11 bits per heavy atom. The van der Waals surface area contributed by atoms with Gasteiger partial charge in [0.15, 0.2) is 11.5 Å². The molecule has 0 aliphatic carbocycles. The second-order valence-corrected chi connectivity index (χ2v) is 8.97. The molecular weight excluding hydrogens is 466 g/mol. The monoisotopic (exact) mass is 491 g/mol. The number of hydrogen-bond acceptors (Lipinski definition) is 5. The number of carbonyl (C=O) groups is 2. The molecule has 6 nitrogen and oxygen atoms in total. The molecule has 3 aromatic carbocycles. The Bertz CT molecular complexity index is 1300. The van der Waals surface area contributed by atoms with Crippen molar-refractivity contribution in [3.63, 3.8) is 0 Å². The van der Waals surface area contributed by atoms with Gasteiger partial charge in [-0.3, -0.25) is 14.5 Å². The first-order valence-corrected chi connectivity index (χ1v) is 11.5. The van der Waals surface area contributed by atoms with Crippen molar-refractivity contribution in [3.8, 4) is 11.5 Å². The minimum atomic E-state index is -0.879. The average Bonchev–Trinajstić information content (AvgIpc) is 3.13. The topological polar surface area (TPSA) is 76.1 Å². The number of aliphatic hydroxyl groups is 1. The van der Waals surface area contributed by atoms with Crippen LogP contribution in [0, 0.1) is 0 Å². The predicted octanol–water partition coefficient (Wildman–Crippen LogP) is 6.11. The van der Waals surface area contributed by atoms with Crippen LogP contribution in [0.3, 0.4) is 0 Å². The number of ketones is 1. The number of ether oxygens (including phenoxy) is 2. The molecule has 180 valence electrons. The summed E-state index contributed by atoms with van der Waals surface area (Å²) in [5, 5.41) is 11.7. The number of anilines is 1. The summed E-state index contributed by atoms with van der Waals surface area (Å²) in [5.41, 5.74) is 2.61. The molecule has 1 heterocycles. The second kappa shape index (κ2) is 9.84. The molecule has 0 aromatic heterocycles. The molecule has 1 saturated heterocycles. The van der Waals surface area contributed by atoms with E-state index in [1.807, 2.05) is 24.3 Å². The Morgan fingerprint density at radius 1 is 0.914 bits per heavy atom. The van der Waals surface area contributed by atoms with Crippen LogP contribution in [0.1, 0.15) is 42.5 Å². The first kappa shape index (κ1) is 24.4. The summed E-state index contributed by atoms with van der Waals surface area (Å²) in [6, 6.07) is 18.2. The van der Waals surface area contributed by atoms with E-state index in [1.165, 1.54) is 19.1 Å². The molecule has 35 heavy (non-hydrogen) atoms. The summed E-state index contributed by atoms with van der Waals surface area (Å²) >= 11 is 6.00. The number of halogens is 1. The van der Waals surface area contributed by atoms with Gasteiger partial charge in [0.1, 0.15) is 5.76 Å². The minimum absolute atomic E-state index is 0.0162. The van der Waals surface area contributed by atoms with E-state index >= 15 is 0 Å². The lowest BCUT2D eigenvalue weighted by atomic mass is 9.94. The van der Waals surface area contributed by atoms with Crippen molar-refractivity contribution >= 4 is 34.7 Å². The first-order valence-electron chi connectivity index (χ1n) is 11.2. The van der Waals surface area contributed by atoms with E-state index < -0.39 is 17.7 Å². The number of Topliss-reactive ketones (excluding diaryl/α,β-unsaturated/α-hetero) is 1. The fourth-order valence-electron chi connectivity index (χ4n) is 4.22. The van der Waals surface area contributed by atoms with Crippen LogP contribution in [0.5, 0.6) is 11.5 Å². The number of hydrogen-bond donors (Lipinski definition) is 1. The number of benzene rings is 3. The van der Waals surface area contributed by atoms with E-state index in [-0.39, 0.29) is 11.3 Å². The highest BCUT2D eigenvalue weighted by Gasteiger charge is 2.47. The molecule has 1 atom stereocenters. The number of amides is 1. The summed E-state index contributed by atoms with van der Waals surface area (Å²) < 4.78 is 10.8. The Morgan fingerprint density at radius 2 is 1.54 bits per heavy atom. The molecule has 1 fully saturated rings. The van der Waals surface area contributed by atoms with Gasteiger partial charge in [-0.1, -0.05) is 43.6 Å². The lowest BCUT2D eigenvalue weighted by Crippen LogP contribution is -2.29. The molecular formula is C28H26ClNO5. The lowest BCUT2D eigenvalue weighted by molar-refractivity contribution is -0.132. The van der Waals surface area contributed by atoms with Gasteiger partial charge in [-0.25, -0.2) is 0 Å². The van der Waals surface area contributed by atoms with Crippen molar-refractivity contribution in [2.75, 3.05) is 19.1 Å². The molecule has 4 rings (SSSR count). The zero-order valence-electron chi connectivity index (χ0n) is 19.9. The molecule has 1 aliphatic rings. The van der Waals surface area contributed by atoms with Crippen LogP contribution in [0.15, 0.2) is 72.3 Å². The van der Waals surface area contributed by atoms with Gasteiger partial charge >= 0.3 is 0 Å². The predicted molar refractivity (Wildman–Crippen MR) is 136 cm³/mol. The molecule has 1 N–H and O–H groups in total. The van der Waals surface area contributed by atoms with Crippen LogP contribution >= 0.6 is 11.6 Å². The van der Waals surface area contributed by atoms with Crippen LogP contribution in [0.2, 0.25) is 5.02 Å². The zero-order chi connectivity index (χ0) is 25.3. The molecule has 1 amide bonds. The third kappa shape index (κ3) is 4.49. The van der Waals surface area contributed by atoms with E-state index in [4.69, 9.17) is 21.1 Å². The molecule has 0 saturated carbocycles. The van der Waals surface area contributed by atoms with Gasteiger partial charge in [0.25, 0.3) is 11.7 Å². The number of nitrogens with zero attached hydrogens (tertiary/aromatic N) is 1. The van der Waals surface area contributed by atoms with Crippen molar-refractivity contribution < 1.29 is 24.2 Å². The Balaban J connectivity index is 1.93. The molecule has 0 spiro atoms. The Labute approximate surface area is 209 Å². The van der Waals surface area contributed by atoms with E-state index in [0.29, 0.717) is 39.3 Å². The van der Waals surface area contributed by atoms with Gasteiger partial charge in [0.05, 0.1) is 25.8 Å². The third-order valence-electron chi connectivity index (χ3n) is 6.12. The highest BCUT2D eigenvalue weighted by Crippen LogP contribution is 2.44. The number of aliphatic hydroxyl groups excluding tert-OH is 1. The zero-order valence-corrected chi connectivity index (χ0v) is 20.7. The highest BCUT2D eigenvalue weighted by atomic mass is 35.5. The number of rotatable bonds is 6. The number of carbonyl (C=O) groups excluding carboxylic acids is 2. The van der Waals surface area contributed by atoms with Crippen LogP contribution in [-0.4, -0.2) is 31.0 Å². The van der Waals surface area contributed by atoms with Gasteiger partial charge in [-0.05, 0) is 65.6 Å². The largest absolute Gasteiger partial charge is 0.507 e. The number of methoxy groups -OCH3 is 2. The van der Waals surface area contributed by atoms with E-state index in [1.54, 1.807) is 42.5 Å². The van der Waals surface area contributed by atoms with Crippen molar-refractivity contribution in [2.24, 2.45) is 0 Å². The fraction of sp³-hybridized carbons (Fsp3) is 0.214. The Hall–Kier alpha value is -3.77. The van der Waals surface area contributed by atoms with Crippen molar-refractivity contribution in [2.45, 2.75) is 25.8 Å². The maximum absolute atomic E-state index is 13.3. The molecule has 0 bridgehead atoms. The first-order chi connectivity index (χ1) is 16.8. The van der Waals surface area contributed by atoms with Gasteiger partial charge in [-0.15, -0.1) is 0 Å². The van der Waals surface area contributed by atoms with Gasteiger partial charge in [0.2, 0.25) is 0 Å². The molecule has 3 aromatic rings. The highest BCUT2D eigenvalue weighted by molar-refractivity contribution is 6.51. The smallest absolute Gasteiger partial charge is 0.300 e. The van der Waals surface area contributed by atoms with Gasteiger partial charge in [0, 0.05) is 16.3 Å². The minimum Gasteiger partial charge on any atom is -0.507 e. The standard InChI is InChI=1S/C28H26ClNO5/c1-16(2)17-7-12-21(13-8-17)30-25(19-9-14-22(34-3)23(15-19)35-4)24(27(32)28(30)33)26(31)18-5-10-20(29)11-6-18/h5-16,25,31H,1-4H3/b26-24-. The fourth-order valence-corrected chi connectivity index (χ4v) is 4.35. The van der Waals surface area contributed by atoms with Gasteiger partial charge in [-0.2, -0.15) is 0 Å². The molecule has 1 unspecified atom stereocenters.